The minimum atomic E-state index is 0.387. The summed E-state index contributed by atoms with van der Waals surface area (Å²) in [5, 5.41) is 3.38. The summed E-state index contributed by atoms with van der Waals surface area (Å²) in [5.74, 6) is 1.45. The molecule has 1 N–H and O–H groups in total. The molecule has 2 aromatic rings. The van der Waals surface area contributed by atoms with Crippen molar-refractivity contribution in [3.63, 3.8) is 0 Å². The molecule has 100 valence electrons. The van der Waals surface area contributed by atoms with E-state index in [0.29, 0.717) is 11.9 Å². The Morgan fingerprint density at radius 3 is 2.68 bits per heavy atom. The quantitative estimate of drug-likeness (QED) is 0.883. The van der Waals surface area contributed by atoms with Gasteiger partial charge >= 0.3 is 0 Å². The molecule has 19 heavy (non-hydrogen) atoms. The molecule has 5 heteroatoms. The van der Waals surface area contributed by atoms with Crippen LogP contribution in [0.25, 0.3) is 11.0 Å². The van der Waals surface area contributed by atoms with Gasteiger partial charge in [-0.2, -0.15) is 0 Å². The number of nitrogens with one attached hydrogen (secondary N) is 1. The molecule has 1 fully saturated rings. The summed E-state index contributed by atoms with van der Waals surface area (Å²) in [5.41, 5.74) is 1.77. The van der Waals surface area contributed by atoms with Gasteiger partial charge in [0.05, 0.1) is 18.1 Å². The largest absolute Gasteiger partial charge is 0.478 e. The zero-order valence-electron chi connectivity index (χ0n) is 11.3. The van der Waals surface area contributed by atoms with Crippen LogP contribution >= 0.6 is 0 Å². The van der Waals surface area contributed by atoms with E-state index < -0.39 is 0 Å². The summed E-state index contributed by atoms with van der Waals surface area (Å²) >= 11 is 0. The molecule has 1 atom stereocenters. The number of hydrogen-bond donors (Lipinski definition) is 1. The van der Waals surface area contributed by atoms with Gasteiger partial charge < -0.3 is 15.0 Å². The fraction of sp³-hybridized carbons (Fsp3) is 0.429. The van der Waals surface area contributed by atoms with E-state index in [0.717, 1.165) is 36.5 Å². The van der Waals surface area contributed by atoms with Gasteiger partial charge in [-0.05, 0) is 19.1 Å². The normalized spacial score (nSPS) is 19.7. The summed E-state index contributed by atoms with van der Waals surface area (Å²) in [7, 11) is 1.65. The number of piperazine rings is 1. The van der Waals surface area contributed by atoms with E-state index in [2.05, 4.69) is 22.1 Å². The third-order valence-corrected chi connectivity index (χ3v) is 3.49. The third kappa shape index (κ3) is 2.21. The fourth-order valence-electron chi connectivity index (χ4n) is 2.45. The van der Waals surface area contributed by atoms with E-state index in [1.165, 1.54) is 0 Å². The molecular weight excluding hydrogens is 240 g/mol. The molecule has 5 nitrogen and oxygen atoms in total. The predicted molar refractivity (Wildman–Crippen MR) is 75.8 cm³/mol. The first kappa shape index (κ1) is 12.2. The van der Waals surface area contributed by atoms with Crippen LogP contribution in [0.5, 0.6) is 5.88 Å². The fourth-order valence-corrected chi connectivity index (χ4v) is 2.45. The number of nitrogens with zero attached hydrogens (tertiary/aromatic N) is 3. The van der Waals surface area contributed by atoms with Crippen LogP contribution in [0.1, 0.15) is 6.92 Å². The van der Waals surface area contributed by atoms with Crippen LogP contribution < -0.4 is 15.0 Å². The second-order valence-electron chi connectivity index (χ2n) is 4.79. The van der Waals surface area contributed by atoms with E-state index in [1.807, 2.05) is 24.3 Å². The molecule has 1 aliphatic rings. The van der Waals surface area contributed by atoms with Crippen molar-refractivity contribution in [1.29, 1.82) is 0 Å². The van der Waals surface area contributed by atoms with Crippen LogP contribution in [-0.4, -0.2) is 42.8 Å². The minimum Gasteiger partial charge on any atom is -0.478 e. The number of para-hydroxylation sites is 2. The van der Waals surface area contributed by atoms with Crippen molar-refractivity contribution >= 4 is 16.9 Å². The van der Waals surface area contributed by atoms with Crippen molar-refractivity contribution in [2.45, 2.75) is 13.0 Å². The first-order valence-electron chi connectivity index (χ1n) is 6.57. The number of rotatable bonds is 2. The lowest BCUT2D eigenvalue weighted by Gasteiger charge is -2.35. The van der Waals surface area contributed by atoms with Crippen LogP contribution in [0, 0.1) is 0 Å². The SMILES string of the molecule is COc1nc2ccccc2nc1N1CCNC[C@@H]1C. The molecule has 1 aromatic carbocycles. The van der Waals surface area contributed by atoms with Gasteiger partial charge in [-0.15, -0.1) is 0 Å². The zero-order valence-corrected chi connectivity index (χ0v) is 11.3. The molecule has 0 amide bonds. The van der Waals surface area contributed by atoms with Crippen molar-refractivity contribution in [3.8, 4) is 5.88 Å². The summed E-state index contributed by atoms with van der Waals surface area (Å²) in [6.45, 7) is 5.02. The highest BCUT2D eigenvalue weighted by Gasteiger charge is 2.23. The number of benzene rings is 1. The molecule has 0 spiro atoms. The maximum Gasteiger partial charge on any atom is 0.257 e. The average Bonchev–Trinajstić information content (AvgIpc) is 2.46. The van der Waals surface area contributed by atoms with Crippen LogP contribution in [0.2, 0.25) is 0 Å². The number of fused-ring (bicyclic) bond motifs is 1. The first-order valence-corrected chi connectivity index (χ1v) is 6.57. The Balaban J connectivity index is 2.10. The molecule has 0 bridgehead atoms. The highest BCUT2D eigenvalue weighted by Crippen LogP contribution is 2.28. The highest BCUT2D eigenvalue weighted by molar-refractivity contribution is 5.77. The number of hydrogen-bond acceptors (Lipinski definition) is 5. The van der Waals surface area contributed by atoms with E-state index >= 15 is 0 Å². The average molecular weight is 258 g/mol. The Kier molecular flexibility index (Phi) is 3.21. The topological polar surface area (TPSA) is 50.3 Å². The Morgan fingerprint density at radius 1 is 1.26 bits per heavy atom. The monoisotopic (exact) mass is 258 g/mol. The molecule has 1 aliphatic heterocycles. The number of anilines is 1. The lowest BCUT2D eigenvalue weighted by molar-refractivity contribution is 0.392. The molecule has 0 saturated carbocycles. The van der Waals surface area contributed by atoms with Gasteiger partial charge in [0, 0.05) is 25.7 Å². The highest BCUT2D eigenvalue weighted by atomic mass is 16.5. The summed E-state index contributed by atoms with van der Waals surface area (Å²) in [4.78, 5) is 11.5. The predicted octanol–water partition coefficient (Wildman–Crippen LogP) is 1.44. The number of methoxy groups -OCH3 is 1. The summed E-state index contributed by atoms with van der Waals surface area (Å²) in [6, 6.07) is 8.27. The summed E-state index contributed by atoms with van der Waals surface area (Å²) in [6.07, 6.45) is 0. The van der Waals surface area contributed by atoms with E-state index in [9.17, 15) is 0 Å². The number of aromatic nitrogens is 2. The molecule has 0 radical (unpaired) electrons. The maximum atomic E-state index is 5.42. The van der Waals surface area contributed by atoms with Crippen LogP contribution in [0.4, 0.5) is 5.82 Å². The molecule has 3 rings (SSSR count). The third-order valence-electron chi connectivity index (χ3n) is 3.49. The van der Waals surface area contributed by atoms with Crippen LogP contribution in [-0.2, 0) is 0 Å². The number of ether oxygens (including phenoxy) is 1. The Hall–Kier alpha value is -1.88. The van der Waals surface area contributed by atoms with Crippen molar-refractivity contribution < 1.29 is 4.74 Å². The van der Waals surface area contributed by atoms with Gasteiger partial charge in [0.15, 0.2) is 5.82 Å². The van der Waals surface area contributed by atoms with Crippen LogP contribution in [0.15, 0.2) is 24.3 Å². The van der Waals surface area contributed by atoms with Gasteiger partial charge in [0.2, 0.25) is 0 Å². The van der Waals surface area contributed by atoms with Crippen molar-refractivity contribution in [3.05, 3.63) is 24.3 Å². The Morgan fingerprint density at radius 2 is 2.00 bits per heavy atom. The van der Waals surface area contributed by atoms with Gasteiger partial charge in [-0.3, -0.25) is 0 Å². The molecule has 1 aromatic heterocycles. The minimum absolute atomic E-state index is 0.387. The molecular formula is C14H18N4O. The Labute approximate surface area is 112 Å². The van der Waals surface area contributed by atoms with E-state index in [-0.39, 0.29) is 0 Å². The molecule has 0 unspecified atom stereocenters. The second kappa shape index (κ2) is 5.01. The van der Waals surface area contributed by atoms with Crippen LogP contribution in [0.3, 0.4) is 0 Å². The van der Waals surface area contributed by atoms with Gasteiger partial charge in [-0.25, -0.2) is 9.97 Å². The van der Waals surface area contributed by atoms with Crippen molar-refractivity contribution in [2.75, 3.05) is 31.6 Å². The standard InChI is InChI=1S/C14H18N4O/c1-10-9-15-7-8-18(10)13-14(19-2)17-12-6-4-3-5-11(12)16-13/h3-6,10,15H,7-9H2,1-2H3/t10-/m0/s1. The van der Waals surface area contributed by atoms with Crippen molar-refractivity contribution in [1.82, 2.24) is 15.3 Å². The van der Waals surface area contributed by atoms with Crippen molar-refractivity contribution in [2.24, 2.45) is 0 Å². The lowest BCUT2D eigenvalue weighted by Crippen LogP contribution is -2.50. The Bertz CT molecular complexity index is 587. The maximum absolute atomic E-state index is 5.42. The smallest absolute Gasteiger partial charge is 0.257 e. The lowest BCUT2D eigenvalue weighted by atomic mass is 10.2. The summed E-state index contributed by atoms with van der Waals surface area (Å²) < 4.78 is 5.42. The molecule has 2 heterocycles. The zero-order chi connectivity index (χ0) is 13.2. The molecule has 1 saturated heterocycles. The first-order chi connectivity index (χ1) is 9.29. The van der Waals surface area contributed by atoms with E-state index in [1.54, 1.807) is 7.11 Å². The van der Waals surface area contributed by atoms with Gasteiger partial charge in [0.1, 0.15) is 0 Å². The van der Waals surface area contributed by atoms with Gasteiger partial charge in [0.25, 0.3) is 5.88 Å². The van der Waals surface area contributed by atoms with E-state index in [4.69, 9.17) is 9.72 Å². The van der Waals surface area contributed by atoms with Gasteiger partial charge in [-0.1, -0.05) is 12.1 Å². The second-order valence-corrected chi connectivity index (χ2v) is 4.79. The molecule has 0 aliphatic carbocycles.